The summed E-state index contributed by atoms with van der Waals surface area (Å²) in [7, 11) is 1.23. The quantitative estimate of drug-likeness (QED) is 0.365. The van der Waals surface area contributed by atoms with Crippen molar-refractivity contribution >= 4 is 34.2 Å². The molecule has 0 radical (unpaired) electrons. The summed E-state index contributed by atoms with van der Waals surface area (Å²) in [6.45, 7) is 1.71. The van der Waals surface area contributed by atoms with Gasteiger partial charge in [0.25, 0.3) is 11.8 Å². The molecule has 0 spiro atoms. The molecule has 0 fully saturated rings. The Labute approximate surface area is 192 Å². The maximum Gasteiger partial charge on any atom is 0.416 e. The Balaban J connectivity index is 1.56. The summed E-state index contributed by atoms with van der Waals surface area (Å²) in [5.41, 5.74) is 1.06. The van der Waals surface area contributed by atoms with Crippen molar-refractivity contribution in [3.05, 3.63) is 83.2 Å². The van der Waals surface area contributed by atoms with Crippen LogP contribution in [0.3, 0.4) is 0 Å². The Morgan fingerprint density at radius 2 is 1.74 bits per heavy atom. The van der Waals surface area contributed by atoms with Crippen molar-refractivity contribution in [2.75, 3.05) is 17.7 Å². The van der Waals surface area contributed by atoms with E-state index in [1.807, 2.05) is 6.07 Å². The van der Waals surface area contributed by atoms with Crippen LogP contribution in [-0.2, 0) is 6.18 Å². The maximum atomic E-state index is 13.2. The molecule has 7 nitrogen and oxygen atoms in total. The van der Waals surface area contributed by atoms with Gasteiger partial charge in [0.1, 0.15) is 11.4 Å². The zero-order valence-corrected chi connectivity index (χ0v) is 18.1. The molecule has 10 heteroatoms. The van der Waals surface area contributed by atoms with E-state index in [-0.39, 0.29) is 22.6 Å². The number of nitrogens with one attached hydrogen (secondary N) is 3. The number of hydrogen-bond donors (Lipinski definition) is 3. The third-order valence-electron chi connectivity index (χ3n) is 5.13. The Bertz CT molecular complexity index is 1400. The maximum absolute atomic E-state index is 13.2. The molecule has 0 aliphatic heterocycles. The molecule has 174 valence electrons. The molecule has 3 N–H and O–H groups in total. The van der Waals surface area contributed by atoms with Crippen LogP contribution in [0.4, 0.5) is 24.5 Å². The number of carbonyl (C=O) groups excluding carboxylic acids is 2. The van der Waals surface area contributed by atoms with E-state index in [1.165, 1.54) is 31.5 Å². The largest absolute Gasteiger partial charge is 0.497 e. The Morgan fingerprint density at radius 1 is 0.971 bits per heavy atom. The van der Waals surface area contributed by atoms with Gasteiger partial charge in [-0.2, -0.15) is 13.2 Å². The number of aromatic nitrogens is 2. The highest BCUT2D eigenvalue weighted by Gasteiger charge is 2.31. The van der Waals surface area contributed by atoms with E-state index in [2.05, 4.69) is 20.6 Å². The summed E-state index contributed by atoms with van der Waals surface area (Å²) in [4.78, 5) is 32.8. The molecule has 0 unspecified atom stereocenters. The lowest BCUT2D eigenvalue weighted by atomic mass is 10.0. The summed E-state index contributed by atoms with van der Waals surface area (Å²) in [5.74, 6) is -1.18. The van der Waals surface area contributed by atoms with Crippen molar-refractivity contribution in [1.29, 1.82) is 0 Å². The molecule has 0 saturated carbocycles. The van der Waals surface area contributed by atoms with Crippen LogP contribution < -0.4 is 15.4 Å². The number of pyridine rings is 1. The van der Waals surface area contributed by atoms with Crippen LogP contribution in [0.2, 0.25) is 0 Å². The van der Waals surface area contributed by atoms with Crippen molar-refractivity contribution in [2.45, 2.75) is 13.1 Å². The van der Waals surface area contributed by atoms with Gasteiger partial charge < -0.3 is 20.4 Å². The fraction of sp³-hybridized carbons (Fsp3) is 0.125. The average molecular weight is 468 g/mol. The zero-order chi connectivity index (χ0) is 24.5. The molecule has 2 aromatic carbocycles. The summed E-state index contributed by atoms with van der Waals surface area (Å²) in [6, 6.07) is 11.0. The van der Waals surface area contributed by atoms with Crippen molar-refractivity contribution < 1.29 is 27.5 Å². The number of rotatable bonds is 5. The summed E-state index contributed by atoms with van der Waals surface area (Å²) < 4.78 is 44.4. The van der Waals surface area contributed by atoms with Gasteiger partial charge >= 0.3 is 6.18 Å². The SMILES string of the molecule is COc1cc(NC(=O)c2ccc(C)c(C(=O)Nc3cnc4[nH]ccc4c3)c2)cc(C(F)(F)F)c1. The Morgan fingerprint density at radius 3 is 2.47 bits per heavy atom. The highest BCUT2D eigenvalue weighted by atomic mass is 19.4. The van der Waals surface area contributed by atoms with Crippen molar-refractivity contribution in [2.24, 2.45) is 0 Å². The van der Waals surface area contributed by atoms with Gasteiger partial charge in [-0.05, 0) is 48.9 Å². The number of alkyl halides is 3. The molecule has 0 bridgehead atoms. The molecular formula is C24H19F3N4O3. The van der Waals surface area contributed by atoms with Crippen molar-refractivity contribution in [1.82, 2.24) is 9.97 Å². The number of benzene rings is 2. The second-order valence-electron chi connectivity index (χ2n) is 7.53. The van der Waals surface area contributed by atoms with Crippen LogP contribution in [0.5, 0.6) is 5.75 Å². The normalized spacial score (nSPS) is 11.3. The number of nitrogens with zero attached hydrogens (tertiary/aromatic N) is 1. The molecule has 4 aromatic rings. The molecule has 0 saturated heterocycles. The topological polar surface area (TPSA) is 96.1 Å². The van der Waals surface area contributed by atoms with Crippen LogP contribution in [-0.4, -0.2) is 28.9 Å². The Kier molecular flexibility index (Phi) is 5.97. The number of ether oxygens (including phenoxy) is 1. The van der Waals surface area contributed by atoms with E-state index < -0.39 is 23.6 Å². The van der Waals surface area contributed by atoms with Gasteiger partial charge in [0.15, 0.2) is 0 Å². The number of aromatic amines is 1. The van der Waals surface area contributed by atoms with Gasteiger partial charge in [0.05, 0.1) is 24.6 Å². The van der Waals surface area contributed by atoms with Gasteiger partial charge in [-0.25, -0.2) is 4.98 Å². The molecular weight excluding hydrogens is 449 g/mol. The first-order chi connectivity index (χ1) is 16.1. The number of hydrogen-bond acceptors (Lipinski definition) is 4. The van der Waals surface area contributed by atoms with Crippen LogP contribution in [0.15, 0.2) is 60.9 Å². The summed E-state index contributed by atoms with van der Waals surface area (Å²) >= 11 is 0. The van der Waals surface area contributed by atoms with Crippen molar-refractivity contribution in [3.8, 4) is 5.75 Å². The lowest BCUT2D eigenvalue weighted by molar-refractivity contribution is -0.137. The first-order valence-electron chi connectivity index (χ1n) is 10.1. The lowest BCUT2D eigenvalue weighted by Gasteiger charge is -2.13. The smallest absolute Gasteiger partial charge is 0.416 e. The number of amides is 2. The number of methoxy groups -OCH3 is 1. The predicted molar refractivity (Wildman–Crippen MR) is 121 cm³/mol. The zero-order valence-electron chi connectivity index (χ0n) is 18.1. The molecule has 34 heavy (non-hydrogen) atoms. The fourth-order valence-corrected chi connectivity index (χ4v) is 3.37. The van der Waals surface area contributed by atoms with E-state index in [0.29, 0.717) is 16.9 Å². The summed E-state index contributed by atoms with van der Waals surface area (Å²) in [6.07, 6.45) is -1.37. The molecule has 0 atom stereocenters. The number of halogens is 3. The second-order valence-corrected chi connectivity index (χ2v) is 7.53. The third-order valence-corrected chi connectivity index (χ3v) is 5.13. The number of anilines is 2. The number of fused-ring (bicyclic) bond motifs is 1. The fourth-order valence-electron chi connectivity index (χ4n) is 3.37. The molecule has 2 heterocycles. The minimum atomic E-state index is -4.61. The van der Waals surface area contributed by atoms with Crippen molar-refractivity contribution in [3.63, 3.8) is 0 Å². The lowest BCUT2D eigenvalue weighted by Crippen LogP contribution is -2.17. The van der Waals surface area contributed by atoms with Gasteiger partial charge in [-0.15, -0.1) is 0 Å². The second kappa shape index (κ2) is 8.89. The third kappa shape index (κ3) is 4.85. The van der Waals surface area contributed by atoms with Crippen LogP contribution in [0.1, 0.15) is 31.8 Å². The van der Waals surface area contributed by atoms with Gasteiger partial charge in [-0.3, -0.25) is 9.59 Å². The molecule has 2 aromatic heterocycles. The molecule has 4 rings (SSSR count). The monoisotopic (exact) mass is 468 g/mol. The minimum absolute atomic E-state index is 0.0536. The van der Waals surface area contributed by atoms with Crippen LogP contribution in [0, 0.1) is 6.92 Å². The highest BCUT2D eigenvalue weighted by molar-refractivity contribution is 6.09. The predicted octanol–water partition coefficient (Wildman–Crippen LogP) is 5.40. The average Bonchev–Trinajstić information content (AvgIpc) is 3.26. The molecule has 0 aliphatic carbocycles. The summed E-state index contributed by atoms with van der Waals surface area (Å²) in [5, 5.41) is 6.00. The van der Waals surface area contributed by atoms with Crippen LogP contribution in [0.25, 0.3) is 11.0 Å². The first kappa shape index (κ1) is 22.8. The van der Waals surface area contributed by atoms with E-state index >= 15 is 0 Å². The first-order valence-corrected chi connectivity index (χ1v) is 10.1. The highest BCUT2D eigenvalue weighted by Crippen LogP contribution is 2.34. The Hall–Kier alpha value is -4.34. The molecule has 2 amide bonds. The van der Waals surface area contributed by atoms with E-state index in [4.69, 9.17) is 4.74 Å². The van der Waals surface area contributed by atoms with Gasteiger partial charge in [0, 0.05) is 34.5 Å². The van der Waals surface area contributed by atoms with E-state index in [9.17, 15) is 22.8 Å². The number of aryl methyl sites for hydroxylation is 1. The van der Waals surface area contributed by atoms with E-state index in [1.54, 1.807) is 25.3 Å². The van der Waals surface area contributed by atoms with Gasteiger partial charge in [0.2, 0.25) is 0 Å². The van der Waals surface area contributed by atoms with Crippen LogP contribution >= 0.6 is 0 Å². The molecule has 0 aliphatic rings. The number of carbonyl (C=O) groups is 2. The van der Waals surface area contributed by atoms with E-state index in [0.717, 1.165) is 17.5 Å². The number of H-pyrrole nitrogens is 1. The van der Waals surface area contributed by atoms with Gasteiger partial charge in [-0.1, -0.05) is 6.07 Å². The minimum Gasteiger partial charge on any atom is -0.497 e. The standard InChI is InChI=1S/C24H19F3N4O3/c1-13-3-4-15(22(32)30-17-9-16(24(25,26)27)10-19(11-17)34-2)8-20(13)23(33)31-18-7-14-5-6-28-21(14)29-12-18/h3-12H,1-2H3,(H,28,29)(H,30,32)(H,31,33).